The van der Waals surface area contributed by atoms with Crippen molar-refractivity contribution < 1.29 is 4.92 Å². The predicted octanol–water partition coefficient (Wildman–Crippen LogP) is 1.95. The van der Waals surface area contributed by atoms with Gasteiger partial charge in [-0.25, -0.2) is 0 Å². The second kappa shape index (κ2) is 6.10. The summed E-state index contributed by atoms with van der Waals surface area (Å²) in [6.07, 6.45) is 3.75. The molecule has 0 radical (unpaired) electrons. The molecule has 0 aliphatic rings. The van der Waals surface area contributed by atoms with E-state index in [9.17, 15) is 10.1 Å². The lowest BCUT2D eigenvalue weighted by molar-refractivity contribution is -0.384. The molecular formula is C13H16N4O2. The Morgan fingerprint density at radius 3 is 3.00 bits per heavy atom. The van der Waals surface area contributed by atoms with Gasteiger partial charge in [0.25, 0.3) is 5.69 Å². The maximum Gasteiger partial charge on any atom is 0.269 e. The molecule has 6 heteroatoms. The van der Waals surface area contributed by atoms with Gasteiger partial charge in [0, 0.05) is 30.4 Å². The fourth-order valence-corrected chi connectivity index (χ4v) is 1.81. The zero-order valence-corrected chi connectivity index (χ0v) is 10.7. The van der Waals surface area contributed by atoms with Gasteiger partial charge in [0.05, 0.1) is 17.7 Å². The summed E-state index contributed by atoms with van der Waals surface area (Å²) in [6, 6.07) is 6.62. The van der Waals surface area contributed by atoms with Crippen LogP contribution in [-0.2, 0) is 13.1 Å². The Labute approximate surface area is 111 Å². The number of aromatic nitrogens is 2. The van der Waals surface area contributed by atoms with E-state index in [1.54, 1.807) is 23.0 Å². The van der Waals surface area contributed by atoms with Crippen LogP contribution in [0.15, 0.2) is 36.7 Å². The molecule has 6 nitrogen and oxygen atoms in total. The predicted molar refractivity (Wildman–Crippen MR) is 71.8 cm³/mol. The first kappa shape index (κ1) is 13.2. The maximum absolute atomic E-state index is 10.7. The first-order valence-electron chi connectivity index (χ1n) is 6.14. The highest BCUT2D eigenvalue weighted by Gasteiger charge is 2.06. The number of nitrogens with zero attached hydrogens (tertiary/aromatic N) is 3. The van der Waals surface area contributed by atoms with Crippen molar-refractivity contribution in [3.63, 3.8) is 0 Å². The number of non-ortho nitro benzene ring substituents is 1. The van der Waals surface area contributed by atoms with E-state index in [-0.39, 0.29) is 10.6 Å². The molecule has 19 heavy (non-hydrogen) atoms. The monoisotopic (exact) mass is 260 g/mol. The van der Waals surface area contributed by atoms with E-state index >= 15 is 0 Å². The standard InChI is InChI=1S/C13H16N4O2/c1-2-14-7-12-8-15-16(10-12)9-11-4-3-5-13(6-11)17(18)19/h3-6,8,10,14H,2,7,9H2,1H3. The summed E-state index contributed by atoms with van der Waals surface area (Å²) in [6.45, 7) is 4.28. The van der Waals surface area contributed by atoms with Gasteiger partial charge in [-0.05, 0) is 12.1 Å². The minimum absolute atomic E-state index is 0.109. The number of hydrogen-bond donors (Lipinski definition) is 1. The van der Waals surface area contributed by atoms with Crippen LogP contribution in [0.3, 0.4) is 0 Å². The molecule has 0 fully saturated rings. The van der Waals surface area contributed by atoms with Gasteiger partial charge in [-0.2, -0.15) is 5.10 Å². The topological polar surface area (TPSA) is 73.0 Å². The first-order chi connectivity index (χ1) is 9.19. The van der Waals surface area contributed by atoms with Gasteiger partial charge in [0.15, 0.2) is 0 Å². The molecule has 100 valence electrons. The van der Waals surface area contributed by atoms with Gasteiger partial charge in [0.2, 0.25) is 0 Å². The first-order valence-corrected chi connectivity index (χ1v) is 6.14. The summed E-state index contributed by atoms with van der Waals surface area (Å²) in [4.78, 5) is 10.3. The third kappa shape index (κ3) is 3.62. The van der Waals surface area contributed by atoms with Crippen molar-refractivity contribution in [2.75, 3.05) is 6.54 Å². The molecule has 0 bridgehead atoms. The second-order valence-corrected chi connectivity index (χ2v) is 4.25. The molecule has 1 N–H and O–H groups in total. The van der Waals surface area contributed by atoms with Crippen LogP contribution in [0.4, 0.5) is 5.69 Å². The summed E-state index contributed by atoms with van der Waals surface area (Å²) < 4.78 is 1.78. The fourth-order valence-electron chi connectivity index (χ4n) is 1.81. The molecule has 1 aromatic heterocycles. The number of nitro groups is 1. The Kier molecular flexibility index (Phi) is 4.25. The second-order valence-electron chi connectivity index (χ2n) is 4.25. The highest BCUT2D eigenvalue weighted by Crippen LogP contribution is 2.14. The zero-order chi connectivity index (χ0) is 13.7. The van der Waals surface area contributed by atoms with E-state index in [0.717, 1.165) is 24.2 Å². The molecule has 2 aromatic rings. The van der Waals surface area contributed by atoms with Gasteiger partial charge in [0.1, 0.15) is 0 Å². The van der Waals surface area contributed by atoms with Gasteiger partial charge >= 0.3 is 0 Å². The van der Waals surface area contributed by atoms with Crippen LogP contribution >= 0.6 is 0 Å². The minimum atomic E-state index is -0.386. The molecule has 0 saturated heterocycles. The summed E-state index contributed by atoms with van der Waals surface area (Å²) in [5.41, 5.74) is 2.08. The number of nitrogens with one attached hydrogen (secondary N) is 1. The summed E-state index contributed by atoms with van der Waals surface area (Å²) in [5.74, 6) is 0. The molecule has 2 rings (SSSR count). The van der Waals surface area contributed by atoms with Crippen LogP contribution in [-0.4, -0.2) is 21.2 Å². The Hall–Kier alpha value is -2.21. The average Bonchev–Trinajstić information content (AvgIpc) is 2.84. The molecule has 0 spiro atoms. The molecule has 1 aromatic carbocycles. The SMILES string of the molecule is CCNCc1cnn(Cc2cccc([N+](=O)[O-])c2)c1. The Bertz CT molecular complexity index is 565. The van der Waals surface area contributed by atoms with Crippen LogP contribution in [0, 0.1) is 10.1 Å². The molecule has 0 atom stereocenters. The minimum Gasteiger partial charge on any atom is -0.313 e. The van der Waals surface area contributed by atoms with E-state index < -0.39 is 0 Å². The number of hydrogen-bond acceptors (Lipinski definition) is 4. The van der Waals surface area contributed by atoms with Crippen LogP contribution in [0.25, 0.3) is 0 Å². The van der Waals surface area contributed by atoms with Crippen molar-refractivity contribution in [3.05, 3.63) is 57.9 Å². The van der Waals surface area contributed by atoms with Crippen LogP contribution in [0.5, 0.6) is 0 Å². The lowest BCUT2D eigenvalue weighted by Gasteiger charge is -2.01. The van der Waals surface area contributed by atoms with Gasteiger partial charge in [-0.3, -0.25) is 14.8 Å². The van der Waals surface area contributed by atoms with E-state index in [1.807, 2.05) is 19.2 Å². The summed E-state index contributed by atoms with van der Waals surface area (Å²) >= 11 is 0. The van der Waals surface area contributed by atoms with Crippen molar-refractivity contribution in [1.29, 1.82) is 0 Å². The van der Waals surface area contributed by atoms with Crippen molar-refractivity contribution >= 4 is 5.69 Å². The number of rotatable bonds is 6. The zero-order valence-electron chi connectivity index (χ0n) is 10.7. The third-order valence-corrected chi connectivity index (χ3v) is 2.73. The van der Waals surface area contributed by atoms with Gasteiger partial charge < -0.3 is 5.32 Å². The largest absolute Gasteiger partial charge is 0.313 e. The molecule has 0 unspecified atom stereocenters. The van der Waals surface area contributed by atoms with E-state index in [2.05, 4.69) is 10.4 Å². The number of benzene rings is 1. The normalized spacial score (nSPS) is 10.6. The Morgan fingerprint density at radius 2 is 2.26 bits per heavy atom. The third-order valence-electron chi connectivity index (χ3n) is 2.73. The van der Waals surface area contributed by atoms with Gasteiger partial charge in [-0.15, -0.1) is 0 Å². The Balaban J connectivity index is 2.06. The molecule has 1 heterocycles. The molecule has 0 saturated carbocycles. The van der Waals surface area contributed by atoms with Crippen molar-refractivity contribution in [3.8, 4) is 0 Å². The van der Waals surface area contributed by atoms with E-state index in [1.165, 1.54) is 6.07 Å². The lowest BCUT2D eigenvalue weighted by atomic mass is 10.2. The highest BCUT2D eigenvalue weighted by atomic mass is 16.6. The molecular weight excluding hydrogens is 244 g/mol. The number of nitro benzene ring substituents is 1. The lowest BCUT2D eigenvalue weighted by Crippen LogP contribution is -2.11. The smallest absolute Gasteiger partial charge is 0.269 e. The van der Waals surface area contributed by atoms with E-state index in [0.29, 0.717) is 6.54 Å². The molecule has 0 amide bonds. The fraction of sp³-hybridized carbons (Fsp3) is 0.308. The van der Waals surface area contributed by atoms with Crippen LogP contribution in [0.2, 0.25) is 0 Å². The van der Waals surface area contributed by atoms with Crippen molar-refractivity contribution in [1.82, 2.24) is 15.1 Å². The quantitative estimate of drug-likeness (QED) is 0.636. The average molecular weight is 260 g/mol. The van der Waals surface area contributed by atoms with E-state index in [4.69, 9.17) is 0 Å². The van der Waals surface area contributed by atoms with Crippen molar-refractivity contribution in [2.45, 2.75) is 20.0 Å². The van der Waals surface area contributed by atoms with Crippen molar-refractivity contribution in [2.24, 2.45) is 0 Å². The summed E-state index contributed by atoms with van der Waals surface area (Å²) in [5, 5.41) is 18.2. The maximum atomic E-state index is 10.7. The Morgan fingerprint density at radius 1 is 1.42 bits per heavy atom. The molecule has 0 aliphatic carbocycles. The van der Waals surface area contributed by atoms with Gasteiger partial charge in [-0.1, -0.05) is 19.1 Å². The van der Waals surface area contributed by atoms with Crippen LogP contribution in [0.1, 0.15) is 18.1 Å². The highest BCUT2D eigenvalue weighted by molar-refractivity contribution is 5.34. The molecule has 0 aliphatic heterocycles. The van der Waals surface area contributed by atoms with Crippen LogP contribution < -0.4 is 5.32 Å². The summed E-state index contributed by atoms with van der Waals surface area (Å²) in [7, 11) is 0.